The predicted octanol–water partition coefficient (Wildman–Crippen LogP) is 2.39. The van der Waals surface area contributed by atoms with E-state index in [1.54, 1.807) is 6.66 Å². The van der Waals surface area contributed by atoms with Gasteiger partial charge in [0.2, 0.25) is 0 Å². The van der Waals surface area contributed by atoms with E-state index < -0.39 is 7.87 Å². The van der Waals surface area contributed by atoms with E-state index in [1.165, 1.54) is 0 Å². The molecule has 0 aliphatic heterocycles. The van der Waals surface area contributed by atoms with E-state index >= 15 is 0 Å². The molecule has 5 heteroatoms. The third kappa shape index (κ3) is 3.15. The summed E-state index contributed by atoms with van der Waals surface area (Å²) in [4.78, 5) is 9.83. The third-order valence-electron chi connectivity index (χ3n) is 1.74. The molecule has 0 fully saturated rings. The van der Waals surface area contributed by atoms with Crippen molar-refractivity contribution >= 4 is 19.7 Å². The first kappa shape index (κ1) is 12.6. The number of nitrogens with zero attached hydrogens (tertiary/aromatic N) is 1. The first-order valence-electron chi connectivity index (χ1n) is 4.13. The van der Waals surface area contributed by atoms with Crippen LogP contribution in [0.5, 0.6) is 0 Å². The molecule has 3 nitrogen and oxygen atoms in total. The average Bonchev–Trinajstić information content (AvgIpc) is 1.84. The monoisotopic (exact) mass is 215 g/mol. The summed E-state index contributed by atoms with van der Waals surface area (Å²) >= 11 is 5.25. The molecule has 0 radical (unpaired) electrons. The SMILES string of the molecule is CC(C)N(C(C)C)[PH](C)(O)OCl. The molecule has 0 saturated carbocycles. The molecule has 0 heterocycles. The van der Waals surface area contributed by atoms with Crippen LogP contribution in [-0.2, 0) is 4.08 Å². The third-order valence-corrected chi connectivity index (χ3v) is 4.90. The van der Waals surface area contributed by atoms with Gasteiger partial charge in [0, 0.05) is 0 Å². The van der Waals surface area contributed by atoms with Gasteiger partial charge in [0.15, 0.2) is 0 Å². The zero-order chi connectivity index (χ0) is 9.94. The molecule has 12 heavy (non-hydrogen) atoms. The fourth-order valence-electron chi connectivity index (χ4n) is 1.59. The molecule has 0 aliphatic rings. The van der Waals surface area contributed by atoms with Crippen molar-refractivity contribution in [3.05, 3.63) is 0 Å². The van der Waals surface area contributed by atoms with Crippen molar-refractivity contribution in [2.45, 2.75) is 39.8 Å². The van der Waals surface area contributed by atoms with Crippen molar-refractivity contribution in [2.24, 2.45) is 0 Å². The maximum absolute atomic E-state index is 9.83. The fraction of sp³-hybridized carbons (Fsp3) is 1.00. The van der Waals surface area contributed by atoms with Gasteiger partial charge in [-0.15, -0.1) is 0 Å². The van der Waals surface area contributed by atoms with Crippen LogP contribution in [0, 0.1) is 0 Å². The molecule has 0 aromatic heterocycles. The molecule has 0 bridgehead atoms. The van der Waals surface area contributed by atoms with Crippen molar-refractivity contribution in [1.29, 1.82) is 0 Å². The van der Waals surface area contributed by atoms with Crippen LogP contribution in [0.2, 0.25) is 0 Å². The van der Waals surface area contributed by atoms with E-state index in [0.717, 1.165) is 0 Å². The minimum atomic E-state index is -2.83. The quantitative estimate of drug-likeness (QED) is 0.731. The second-order valence-corrected chi connectivity index (χ2v) is 6.61. The molecule has 0 aromatic carbocycles. The standard InChI is InChI=1S/C7H19ClNO2P/c1-6(2)9(7(3)4)12(5,10)11-8/h6-7,10,12H,1-5H3. The summed E-state index contributed by atoms with van der Waals surface area (Å²) < 4.78 is 6.53. The van der Waals surface area contributed by atoms with Gasteiger partial charge in [0.25, 0.3) is 0 Å². The normalized spacial score (nSPS) is 14.8. The summed E-state index contributed by atoms with van der Waals surface area (Å²) in [5.41, 5.74) is 0. The summed E-state index contributed by atoms with van der Waals surface area (Å²) in [7, 11) is -2.83. The first-order chi connectivity index (χ1) is 5.33. The van der Waals surface area contributed by atoms with Gasteiger partial charge in [-0.05, 0) is 0 Å². The Morgan fingerprint density at radius 1 is 1.25 bits per heavy atom. The van der Waals surface area contributed by atoms with Crippen LogP contribution in [0.25, 0.3) is 0 Å². The van der Waals surface area contributed by atoms with Crippen LogP contribution < -0.4 is 0 Å². The maximum atomic E-state index is 9.83. The Kier molecular flexibility index (Phi) is 4.97. The van der Waals surface area contributed by atoms with Crippen molar-refractivity contribution in [1.82, 2.24) is 4.67 Å². The van der Waals surface area contributed by atoms with Crippen LogP contribution in [0.4, 0.5) is 0 Å². The molecular weight excluding hydrogens is 197 g/mol. The van der Waals surface area contributed by atoms with Crippen LogP contribution in [0.1, 0.15) is 27.7 Å². The Hall–Kier alpha value is 0.600. The summed E-state index contributed by atoms with van der Waals surface area (Å²) in [6, 6.07) is 0.482. The van der Waals surface area contributed by atoms with Gasteiger partial charge in [-0.2, -0.15) is 0 Å². The Labute approximate surface area is 80.4 Å². The summed E-state index contributed by atoms with van der Waals surface area (Å²) in [5, 5.41) is 0. The van der Waals surface area contributed by atoms with E-state index in [-0.39, 0.29) is 12.1 Å². The number of halogens is 1. The summed E-state index contributed by atoms with van der Waals surface area (Å²) in [6.45, 7) is 9.71. The Balaban J connectivity index is 4.50. The van der Waals surface area contributed by atoms with Crippen LogP contribution in [0.15, 0.2) is 0 Å². The molecule has 0 rings (SSSR count). The molecule has 0 aromatic rings. The molecule has 0 saturated heterocycles. The minimum absolute atomic E-state index is 0.241. The van der Waals surface area contributed by atoms with Gasteiger partial charge >= 0.3 is 79.8 Å². The molecule has 0 unspecified atom stereocenters. The summed E-state index contributed by atoms with van der Waals surface area (Å²) in [5.74, 6) is 0. The zero-order valence-corrected chi connectivity index (χ0v) is 10.1. The number of hydrogen-bond acceptors (Lipinski definition) is 3. The van der Waals surface area contributed by atoms with Crippen LogP contribution in [-0.4, -0.2) is 28.3 Å². The fourth-order valence-corrected chi connectivity index (χ4v) is 3.83. The Morgan fingerprint density at radius 3 is 1.67 bits per heavy atom. The van der Waals surface area contributed by atoms with Crippen LogP contribution >= 0.6 is 19.7 Å². The molecule has 76 valence electrons. The van der Waals surface area contributed by atoms with Gasteiger partial charge in [0.1, 0.15) is 0 Å². The zero-order valence-electron chi connectivity index (χ0n) is 8.34. The molecule has 1 N–H and O–H groups in total. The van der Waals surface area contributed by atoms with Crippen molar-refractivity contribution in [2.75, 3.05) is 6.66 Å². The van der Waals surface area contributed by atoms with Gasteiger partial charge in [-0.25, -0.2) is 0 Å². The van der Waals surface area contributed by atoms with Crippen molar-refractivity contribution in [3.63, 3.8) is 0 Å². The van der Waals surface area contributed by atoms with Crippen molar-refractivity contribution in [3.8, 4) is 0 Å². The topological polar surface area (TPSA) is 32.7 Å². The number of rotatable bonds is 4. The van der Waals surface area contributed by atoms with Gasteiger partial charge in [0.05, 0.1) is 0 Å². The van der Waals surface area contributed by atoms with E-state index in [2.05, 4.69) is 4.08 Å². The molecular formula is C7H19ClNO2P. The van der Waals surface area contributed by atoms with Crippen LogP contribution in [0.3, 0.4) is 0 Å². The Bertz CT molecular complexity index is 133. The summed E-state index contributed by atoms with van der Waals surface area (Å²) in [6.07, 6.45) is 0. The van der Waals surface area contributed by atoms with Gasteiger partial charge < -0.3 is 0 Å². The number of hydrogen-bond donors (Lipinski definition) is 1. The van der Waals surface area contributed by atoms with E-state index in [4.69, 9.17) is 11.9 Å². The van der Waals surface area contributed by atoms with Gasteiger partial charge in [-0.1, -0.05) is 0 Å². The molecule has 0 spiro atoms. The van der Waals surface area contributed by atoms with Crippen molar-refractivity contribution < 1.29 is 8.97 Å². The molecule has 0 aliphatic carbocycles. The average molecular weight is 216 g/mol. The van der Waals surface area contributed by atoms with E-state index in [1.807, 2.05) is 32.4 Å². The molecule has 0 atom stereocenters. The second-order valence-electron chi connectivity index (χ2n) is 3.61. The molecule has 0 amide bonds. The van der Waals surface area contributed by atoms with E-state index in [0.29, 0.717) is 0 Å². The van der Waals surface area contributed by atoms with E-state index in [9.17, 15) is 4.89 Å². The Morgan fingerprint density at radius 2 is 1.58 bits per heavy atom. The van der Waals surface area contributed by atoms with Gasteiger partial charge in [-0.3, -0.25) is 0 Å². The first-order valence-corrected chi connectivity index (χ1v) is 6.74. The second kappa shape index (κ2) is 4.73. The predicted molar refractivity (Wildman–Crippen MR) is 55.5 cm³/mol.